The van der Waals surface area contributed by atoms with Crippen LogP contribution in [0.5, 0.6) is 0 Å². The van der Waals surface area contributed by atoms with E-state index in [0.717, 1.165) is 12.1 Å². The Hall–Kier alpha value is -1.21. The molecule has 0 unspecified atom stereocenters. The quantitative estimate of drug-likeness (QED) is 0.587. The van der Waals surface area contributed by atoms with Gasteiger partial charge in [-0.2, -0.15) is 13.2 Å². The molecule has 0 aliphatic carbocycles. The van der Waals surface area contributed by atoms with Crippen LogP contribution in [0.2, 0.25) is 0 Å². The Balaban J connectivity index is 3.01. The Bertz CT molecular complexity index is 432. The van der Waals surface area contributed by atoms with Crippen molar-refractivity contribution in [3.05, 3.63) is 29.3 Å². The van der Waals surface area contributed by atoms with Crippen molar-refractivity contribution in [2.45, 2.75) is 19.6 Å². The van der Waals surface area contributed by atoms with Crippen LogP contribution in [0.1, 0.15) is 18.1 Å². The molecule has 0 fully saturated rings. The van der Waals surface area contributed by atoms with Gasteiger partial charge in [-0.25, -0.2) is 0 Å². The Morgan fingerprint density at radius 1 is 1.39 bits per heavy atom. The van der Waals surface area contributed by atoms with Gasteiger partial charge in [-0.3, -0.25) is 5.41 Å². The van der Waals surface area contributed by atoms with Crippen LogP contribution < -0.4 is 11.1 Å². The number of alkyl halides is 3. The number of benzene rings is 1. The first kappa shape index (κ1) is 14.8. The van der Waals surface area contributed by atoms with Crippen molar-refractivity contribution in [2.75, 3.05) is 11.1 Å². The predicted octanol–water partition coefficient (Wildman–Crippen LogP) is 3.26. The molecule has 0 radical (unpaired) electrons. The smallest absolute Gasteiger partial charge is 0.335 e. The van der Waals surface area contributed by atoms with Gasteiger partial charge >= 0.3 is 6.18 Å². The van der Waals surface area contributed by atoms with Crippen LogP contribution in [0.25, 0.3) is 0 Å². The molecule has 1 aromatic carbocycles. The van der Waals surface area contributed by atoms with E-state index in [-0.39, 0.29) is 17.4 Å². The van der Waals surface area contributed by atoms with Crippen molar-refractivity contribution in [3.63, 3.8) is 0 Å². The van der Waals surface area contributed by atoms with E-state index in [4.69, 9.17) is 11.1 Å². The number of thioether (sulfide) groups is 1. The summed E-state index contributed by atoms with van der Waals surface area (Å²) in [7, 11) is 0. The minimum atomic E-state index is -4.41. The van der Waals surface area contributed by atoms with Crippen molar-refractivity contribution < 1.29 is 13.2 Å². The van der Waals surface area contributed by atoms with E-state index >= 15 is 0 Å². The average Bonchev–Trinajstić information content (AvgIpc) is 2.27. The molecule has 100 valence electrons. The molecule has 18 heavy (non-hydrogen) atoms. The molecule has 0 bridgehead atoms. The summed E-state index contributed by atoms with van der Waals surface area (Å²) in [5, 5.41) is 10.3. The fraction of sp³-hybridized carbons (Fsp3) is 0.364. The van der Waals surface area contributed by atoms with Gasteiger partial charge in [0.25, 0.3) is 0 Å². The number of rotatable bonds is 3. The lowest BCUT2D eigenvalue weighted by atomic mass is 10.1. The maximum absolute atomic E-state index is 12.6. The largest absolute Gasteiger partial charge is 0.416 e. The van der Waals surface area contributed by atoms with Gasteiger partial charge in [0, 0.05) is 12.2 Å². The highest BCUT2D eigenvalue weighted by atomic mass is 32.2. The first-order valence-electron chi connectivity index (χ1n) is 5.26. The second-order valence-electron chi connectivity index (χ2n) is 3.51. The lowest BCUT2D eigenvalue weighted by Gasteiger charge is -2.13. The first-order valence-corrected chi connectivity index (χ1v) is 6.25. The highest BCUT2D eigenvalue weighted by Crippen LogP contribution is 2.32. The van der Waals surface area contributed by atoms with E-state index in [1.165, 1.54) is 17.8 Å². The Kier molecular flexibility index (Phi) is 5.03. The molecule has 0 atom stereocenters. The van der Waals surface area contributed by atoms with Crippen LogP contribution in [-0.2, 0) is 12.7 Å². The van der Waals surface area contributed by atoms with Crippen molar-refractivity contribution in [1.29, 1.82) is 5.41 Å². The third-order valence-corrected chi connectivity index (χ3v) is 2.78. The van der Waals surface area contributed by atoms with Gasteiger partial charge in [0.2, 0.25) is 0 Å². The van der Waals surface area contributed by atoms with Gasteiger partial charge in [0.1, 0.15) is 0 Å². The zero-order valence-electron chi connectivity index (χ0n) is 9.77. The van der Waals surface area contributed by atoms with Gasteiger partial charge in [-0.1, -0.05) is 18.7 Å². The Labute approximate surface area is 107 Å². The Morgan fingerprint density at radius 2 is 2.06 bits per heavy atom. The summed E-state index contributed by atoms with van der Waals surface area (Å²) in [4.78, 5) is 0. The standard InChI is InChI=1S/C11H14F3N3S/c1-2-18-10(16)17-9-4-7(6-15)3-8(5-9)11(12,13)14/h3-5H,2,6,15H2,1H3,(H2,16,17). The molecule has 3 nitrogen and oxygen atoms in total. The molecule has 0 saturated carbocycles. The lowest BCUT2D eigenvalue weighted by Crippen LogP contribution is -2.11. The van der Waals surface area contributed by atoms with E-state index in [2.05, 4.69) is 5.32 Å². The molecular weight excluding hydrogens is 263 g/mol. The number of hydrogen-bond acceptors (Lipinski definition) is 3. The molecule has 0 aliphatic heterocycles. The predicted molar refractivity (Wildman–Crippen MR) is 68.8 cm³/mol. The third-order valence-electron chi connectivity index (χ3n) is 2.10. The molecule has 0 aromatic heterocycles. The van der Waals surface area contributed by atoms with Gasteiger partial charge in [-0.05, 0) is 29.5 Å². The molecule has 0 spiro atoms. The molecular formula is C11H14F3N3S. The molecule has 7 heteroatoms. The number of amidine groups is 1. The monoisotopic (exact) mass is 277 g/mol. The summed E-state index contributed by atoms with van der Waals surface area (Å²) in [5.74, 6) is 0.675. The van der Waals surface area contributed by atoms with Crippen molar-refractivity contribution >= 4 is 22.6 Å². The van der Waals surface area contributed by atoms with Gasteiger partial charge in [0.15, 0.2) is 5.17 Å². The topological polar surface area (TPSA) is 61.9 Å². The fourth-order valence-corrected chi connectivity index (χ4v) is 1.84. The normalized spacial score (nSPS) is 11.4. The van der Waals surface area contributed by atoms with Crippen LogP contribution >= 0.6 is 11.8 Å². The Morgan fingerprint density at radius 3 is 2.56 bits per heavy atom. The zero-order valence-corrected chi connectivity index (χ0v) is 10.6. The second kappa shape index (κ2) is 6.10. The molecule has 0 heterocycles. The fourth-order valence-electron chi connectivity index (χ4n) is 1.36. The van der Waals surface area contributed by atoms with E-state index in [9.17, 15) is 13.2 Å². The van der Waals surface area contributed by atoms with E-state index in [0.29, 0.717) is 11.3 Å². The number of anilines is 1. The zero-order chi connectivity index (χ0) is 13.8. The summed E-state index contributed by atoms with van der Waals surface area (Å²) in [6.45, 7) is 1.88. The van der Waals surface area contributed by atoms with Crippen molar-refractivity contribution in [1.82, 2.24) is 0 Å². The second-order valence-corrected chi connectivity index (χ2v) is 4.78. The first-order chi connectivity index (χ1) is 8.36. The van der Waals surface area contributed by atoms with Gasteiger partial charge < -0.3 is 11.1 Å². The van der Waals surface area contributed by atoms with E-state index < -0.39 is 11.7 Å². The maximum atomic E-state index is 12.6. The molecule has 1 aromatic rings. The summed E-state index contributed by atoms with van der Waals surface area (Å²) < 4.78 is 37.9. The van der Waals surface area contributed by atoms with Gasteiger partial charge in [-0.15, -0.1) is 0 Å². The molecule has 0 saturated heterocycles. The van der Waals surface area contributed by atoms with Crippen molar-refractivity contribution in [2.24, 2.45) is 5.73 Å². The number of halogens is 3. The van der Waals surface area contributed by atoms with Crippen LogP contribution in [0.4, 0.5) is 18.9 Å². The number of hydrogen-bond donors (Lipinski definition) is 3. The molecule has 0 aliphatic rings. The van der Waals surface area contributed by atoms with Crippen LogP contribution in [0.3, 0.4) is 0 Å². The lowest BCUT2D eigenvalue weighted by molar-refractivity contribution is -0.137. The van der Waals surface area contributed by atoms with E-state index in [1.54, 1.807) is 0 Å². The maximum Gasteiger partial charge on any atom is 0.416 e. The molecule has 0 amide bonds. The minimum Gasteiger partial charge on any atom is -0.335 e. The SMILES string of the molecule is CCSC(=N)Nc1cc(CN)cc(C(F)(F)F)c1. The van der Waals surface area contributed by atoms with Crippen molar-refractivity contribution in [3.8, 4) is 0 Å². The summed E-state index contributed by atoms with van der Waals surface area (Å²) >= 11 is 1.21. The molecule has 4 N–H and O–H groups in total. The average molecular weight is 277 g/mol. The van der Waals surface area contributed by atoms with Gasteiger partial charge in [0.05, 0.1) is 5.56 Å². The van der Waals surface area contributed by atoms with Crippen LogP contribution in [0.15, 0.2) is 18.2 Å². The number of nitrogens with two attached hydrogens (primary N) is 1. The third kappa shape index (κ3) is 4.23. The summed E-state index contributed by atoms with van der Waals surface area (Å²) in [6, 6.07) is 3.51. The number of nitrogens with one attached hydrogen (secondary N) is 2. The van der Waals surface area contributed by atoms with Crippen LogP contribution in [-0.4, -0.2) is 10.9 Å². The molecule has 1 rings (SSSR count). The highest BCUT2D eigenvalue weighted by molar-refractivity contribution is 8.14. The summed E-state index contributed by atoms with van der Waals surface area (Å²) in [5.41, 5.74) is 5.21. The van der Waals surface area contributed by atoms with E-state index in [1.807, 2.05) is 6.92 Å². The minimum absolute atomic E-state index is 0.0207. The van der Waals surface area contributed by atoms with Crippen LogP contribution in [0, 0.1) is 5.41 Å². The summed E-state index contributed by atoms with van der Waals surface area (Å²) in [6.07, 6.45) is -4.41. The highest BCUT2D eigenvalue weighted by Gasteiger charge is 2.31.